The molecule has 18 heavy (non-hydrogen) atoms. The van der Waals surface area contributed by atoms with E-state index in [1.807, 2.05) is 50.2 Å². The van der Waals surface area contributed by atoms with Gasteiger partial charge in [0.15, 0.2) is 0 Å². The van der Waals surface area contributed by atoms with Crippen molar-refractivity contribution in [1.82, 2.24) is 0 Å². The minimum Gasteiger partial charge on any atom is -0.397 e. The number of benzene rings is 2. The van der Waals surface area contributed by atoms with E-state index in [0.717, 1.165) is 22.5 Å². The number of nitriles is 1. The van der Waals surface area contributed by atoms with Gasteiger partial charge >= 0.3 is 0 Å². The molecule has 2 aromatic rings. The second-order valence-corrected chi connectivity index (χ2v) is 4.27. The van der Waals surface area contributed by atoms with Crippen molar-refractivity contribution >= 4 is 17.1 Å². The van der Waals surface area contributed by atoms with Crippen LogP contribution in [-0.2, 0) is 0 Å². The highest BCUT2D eigenvalue weighted by molar-refractivity contribution is 5.77. The highest BCUT2D eigenvalue weighted by Crippen LogP contribution is 2.28. The molecule has 90 valence electrons. The first-order chi connectivity index (χ1) is 8.63. The van der Waals surface area contributed by atoms with E-state index in [1.54, 1.807) is 0 Å². The number of nitrogens with one attached hydrogen (secondary N) is 1. The molecule has 0 heterocycles. The number of hydrogen-bond acceptors (Lipinski definition) is 3. The number of nitrogen functional groups attached to an aromatic ring is 1. The van der Waals surface area contributed by atoms with E-state index in [2.05, 4.69) is 11.4 Å². The standard InChI is InChI=1S/C15H15N3/c1-10-5-3-7-13(12(10)9-16)18-14-8-4-6-11(2)15(14)17/h3-8,18H,17H2,1-2H3. The van der Waals surface area contributed by atoms with Crippen LogP contribution in [-0.4, -0.2) is 0 Å². The minimum absolute atomic E-state index is 0.651. The molecule has 0 atom stereocenters. The van der Waals surface area contributed by atoms with E-state index < -0.39 is 0 Å². The molecule has 0 spiro atoms. The fourth-order valence-electron chi connectivity index (χ4n) is 1.86. The van der Waals surface area contributed by atoms with E-state index >= 15 is 0 Å². The Kier molecular flexibility index (Phi) is 3.20. The van der Waals surface area contributed by atoms with Crippen LogP contribution in [0.4, 0.5) is 17.1 Å². The van der Waals surface area contributed by atoms with Crippen LogP contribution in [0.1, 0.15) is 16.7 Å². The second kappa shape index (κ2) is 4.80. The second-order valence-electron chi connectivity index (χ2n) is 4.27. The summed E-state index contributed by atoms with van der Waals surface area (Å²) in [5, 5.41) is 12.4. The largest absolute Gasteiger partial charge is 0.397 e. The first kappa shape index (κ1) is 12.0. The lowest BCUT2D eigenvalue weighted by molar-refractivity contribution is 1.37. The van der Waals surface area contributed by atoms with Crippen LogP contribution in [0.25, 0.3) is 0 Å². The first-order valence-corrected chi connectivity index (χ1v) is 5.75. The third-order valence-corrected chi connectivity index (χ3v) is 2.98. The summed E-state index contributed by atoms with van der Waals surface area (Å²) in [5.41, 5.74) is 11.0. The molecule has 0 amide bonds. The topological polar surface area (TPSA) is 61.8 Å². The molecule has 0 aromatic heterocycles. The number of rotatable bonds is 2. The number of anilines is 3. The molecule has 0 radical (unpaired) electrons. The quantitative estimate of drug-likeness (QED) is 0.786. The van der Waals surface area contributed by atoms with Crippen molar-refractivity contribution in [3.8, 4) is 6.07 Å². The van der Waals surface area contributed by atoms with Crippen LogP contribution >= 0.6 is 0 Å². The van der Waals surface area contributed by atoms with Crippen molar-refractivity contribution in [1.29, 1.82) is 5.26 Å². The zero-order valence-corrected chi connectivity index (χ0v) is 10.5. The molecule has 0 saturated carbocycles. The van der Waals surface area contributed by atoms with E-state index in [-0.39, 0.29) is 0 Å². The molecule has 0 aliphatic heterocycles. The van der Waals surface area contributed by atoms with E-state index in [0.29, 0.717) is 11.3 Å². The lowest BCUT2D eigenvalue weighted by atomic mass is 10.1. The van der Waals surface area contributed by atoms with Crippen molar-refractivity contribution < 1.29 is 0 Å². The molecule has 2 rings (SSSR count). The molecule has 0 aliphatic carbocycles. The summed E-state index contributed by atoms with van der Waals surface area (Å²) < 4.78 is 0. The van der Waals surface area contributed by atoms with Crippen LogP contribution in [0.3, 0.4) is 0 Å². The zero-order chi connectivity index (χ0) is 13.1. The Hall–Kier alpha value is -2.47. The molecule has 3 nitrogen and oxygen atoms in total. The van der Waals surface area contributed by atoms with Crippen molar-refractivity contribution in [3.63, 3.8) is 0 Å². The average Bonchev–Trinajstić information content (AvgIpc) is 2.35. The van der Waals surface area contributed by atoms with Crippen LogP contribution in [0, 0.1) is 25.2 Å². The van der Waals surface area contributed by atoms with Gasteiger partial charge in [0.2, 0.25) is 0 Å². The number of aryl methyl sites for hydroxylation is 2. The maximum Gasteiger partial charge on any atom is 0.102 e. The fourth-order valence-corrected chi connectivity index (χ4v) is 1.86. The number of nitrogens with zero attached hydrogens (tertiary/aromatic N) is 1. The van der Waals surface area contributed by atoms with Crippen molar-refractivity contribution in [2.24, 2.45) is 0 Å². The minimum atomic E-state index is 0.651. The van der Waals surface area contributed by atoms with Crippen molar-refractivity contribution in [2.75, 3.05) is 11.1 Å². The van der Waals surface area contributed by atoms with Crippen LogP contribution < -0.4 is 11.1 Å². The van der Waals surface area contributed by atoms with Crippen LogP contribution in [0.2, 0.25) is 0 Å². The third kappa shape index (κ3) is 2.14. The monoisotopic (exact) mass is 237 g/mol. The van der Waals surface area contributed by atoms with E-state index in [4.69, 9.17) is 5.73 Å². The summed E-state index contributed by atoms with van der Waals surface area (Å²) in [4.78, 5) is 0. The Morgan fingerprint density at radius 1 is 1.00 bits per heavy atom. The molecule has 3 N–H and O–H groups in total. The van der Waals surface area contributed by atoms with Gasteiger partial charge in [-0.25, -0.2) is 0 Å². The van der Waals surface area contributed by atoms with Gasteiger partial charge in [-0.3, -0.25) is 0 Å². The lowest BCUT2D eigenvalue weighted by Crippen LogP contribution is -2.00. The Morgan fingerprint density at radius 2 is 1.61 bits per heavy atom. The van der Waals surface area contributed by atoms with Crippen molar-refractivity contribution in [2.45, 2.75) is 13.8 Å². The molecule has 0 fully saturated rings. The Labute approximate surface area is 107 Å². The molecule has 3 heteroatoms. The van der Waals surface area contributed by atoms with Gasteiger partial charge in [0.1, 0.15) is 6.07 Å². The average molecular weight is 237 g/mol. The van der Waals surface area contributed by atoms with Crippen molar-refractivity contribution in [3.05, 3.63) is 53.1 Å². The Morgan fingerprint density at radius 3 is 2.28 bits per heavy atom. The Balaban J connectivity index is 2.44. The van der Waals surface area contributed by atoms with Gasteiger partial charge in [0.05, 0.1) is 22.6 Å². The number of para-hydroxylation sites is 1. The smallest absolute Gasteiger partial charge is 0.102 e. The summed E-state index contributed by atoms with van der Waals surface area (Å²) in [6, 6.07) is 13.7. The van der Waals surface area contributed by atoms with Gasteiger partial charge in [0.25, 0.3) is 0 Å². The number of nitrogens with two attached hydrogens (primary N) is 1. The Bertz CT molecular complexity index is 624. The summed E-state index contributed by atoms with van der Waals surface area (Å²) in [6.45, 7) is 3.88. The molecule has 0 unspecified atom stereocenters. The van der Waals surface area contributed by atoms with E-state index in [9.17, 15) is 5.26 Å². The summed E-state index contributed by atoms with van der Waals surface area (Å²) in [7, 11) is 0. The predicted molar refractivity (Wildman–Crippen MR) is 74.8 cm³/mol. The summed E-state index contributed by atoms with van der Waals surface area (Å²) in [6.07, 6.45) is 0. The SMILES string of the molecule is Cc1cccc(Nc2cccc(C)c2C#N)c1N. The summed E-state index contributed by atoms with van der Waals surface area (Å²) >= 11 is 0. The number of hydrogen-bond donors (Lipinski definition) is 2. The first-order valence-electron chi connectivity index (χ1n) is 5.75. The van der Waals surface area contributed by atoms with E-state index in [1.165, 1.54) is 0 Å². The molecule has 2 aromatic carbocycles. The van der Waals surface area contributed by atoms with Gasteiger partial charge in [-0.1, -0.05) is 24.3 Å². The lowest BCUT2D eigenvalue weighted by Gasteiger charge is -2.13. The van der Waals surface area contributed by atoms with Gasteiger partial charge in [-0.15, -0.1) is 0 Å². The van der Waals surface area contributed by atoms with Gasteiger partial charge in [-0.05, 0) is 37.1 Å². The predicted octanol–water partition coefficient (Wildman–Crippen LogP) is 3.50. The van der Waals surface area contributed by atoms with Crippen LogP contribution in [0.15, 0.2) is 36.4 Å². The third-order valence-electron chi connectivity index (χ3n) is 2.98. The molecular formula is C15H15N3. The molecule has 0 bridgehead atoms. The highest BCUT2D eigenvalue weighted by Gasteiger charge is 2.07. The zero-order valence-electron chi connectivity index (χ0n) is 10.5. The van der Waals surface area contributed by atoms with Crippen LogP contribution in [0.5, 0.6) is 0 Å². The van der Waals surface area contributed by atoms with Gasteiger partial charge in [-0.2, -0.15) is 5.26 Å². The maximum atomic E-state index is 9.18. The molecular weight excluding hydrogens is 222 g/mol. The summed E-state index contributed by atoms with van der Waals surface area (Å²) in [5.74, 6) is 0. The fraction of sp³-hybridized carbons (Fsp3) is 0.133. The highest BCUT2D eigenvalue weighted by atomic mass is 14.9. The van der Waals surface area contributed by atoms with Gasteiger partial charge < -0.3 is 11.1 Å². The van der Waals surface area contributed by atoms with Gasteiger partial charge in [0, 0.05) is 0 Å². The maximum absolute atomic E-state index is 9.18. The normalized spacial score (nSPS) is 9.83. The molecule has 0 aliphatic rings. The molecule has 0 saturated heterocycles.